The van der Waals surface area contributed by atoms with Gasteiger partial charge < -0.3 is 5.11 Å². The largest absolute Gasteiger partial charge is 0.478 e. The maximum absolute atomic E-state index is 12.5. The van der Waals surface area contributed by atoms with Crippen molar-refractivity contribution < 1.29 is 29.1 Å². The third-order valence-corrected chi connectivity index (χ3v) is 3.57. The summed E-state index contributed by atoms with van der Waals surface area (Å²) < 4.78 is 0. The third-order valence-electron chi connectivity index (χ3n) is 3.57. The Bertz CT molecular complexity index is 794. The Morgan fingerprint density at radius 2 is 1.57 bits per heavy atom. The zero-order valence-electron chi connectivity index (χ0n) is 11.7. The van der Waals surface area contributed by atoms with Gasteiger partial charge in [-0.15, -0.1) is 0 Å². The van der Waals surface area contributed by atoms with Crippen LogP contribution in [0, 0.1) is 0 Å². The van der Waals surface area contributed by atoms with Crippen molar-refractivity contribution in [1.29, 1.82) is 0 Å². The first-order chi connectivity index (χ1) is 10.9. The van der Waals surface area contributed by atoms with Crippen molar-refractivity contribution in [3.05, 3.63) is 41.5 Å². The van der Waals surface area contributed by atoms with Gasteiger partial charge in [0, 0.05) is 24.5 Å². The monoisotopic (exact) mass is 314 g/mol. The number of imide groups is 2. The standard InChI is InChI=1S/C15H10N2O6/c18-11-5-6-12(19)16(11)17-13(20)7-10(14(17)21)8-3-1-2-4-9(8)15(22)23/h1-4,7H,5-6H2,(H,22,23). The smallest absolute Gasteiger partial charge is 0.336 e. The number of benzene rings is 1. The number of carbonyl (C=O) groups is 5. The van der Waals surface area contributed by atoms with Crippen LogP contribution in [-0.4, -0.2) is 44.7 Å². The van der Waals surface area contributed by atoms with Crippen molar-refractivity contribution in [1.82, 2.24) is 10.0 Å². The number of carboxylic acids is 1. The van der Waals surface area contributed by atoms with E-state index in [9.17, 15) is 29.1 Å². The van der Waals surface area contributed by atoms with Crippen molar-refractivity contribution in [2.45, 2.75) is 12.8 Å². The van der Waals surface area contributed by atoms with E-state index in [0.29, 0.717) is 10.0 Å². The molecule has 116 valence electrons. The fourth-order valence-corrected chi connectivity index (χ4v) is 2.54. The molecule has 8 heteroatoms. The highest BCUT2D eigenvalue weighted by atomic mass is 16.4. The molecule has 0 saturated carbocycles. The van der Waals surface area contributed by atoms with E-state index in [1.54, 1.807) is 0 Å². The molecule has 0 bridgehead atoms. The van der Waals surface area contributed by atoms with Crippen LogP contribution in [0.2, 0.25) is 0 Å². The first kappa shape index (κ1) is 14.6. The van der Waals surface area contributed by atoms with Crippen molar-refractivity contribution in [2.24, 2.45) is 0 Å². The molecule has 1 saturated heterocycles. The van der Waals surface area contributed by atoms with Gasteiger partial charge in [0.15, 0.2) is 0 Å². The number of nitrogens with zero attached hydrogens (tertiary/aromatic N) is 2. The highest BCUT2D eigenvalue weighted by Gasteiger charge is 2.44. The molecule has 1 aromatic carbocycles. The van der Waals surface area contributed by atoms with Crippen LogP contribution in [0.5, 0.6) is 0 Å². The molecule has 0 unspecified atom stereocenters. The van der Waals surface area contributed by atoms with Gasteiger partial charge in [-0.1, -0.05) is 18.2 Å². The molecule has 4 amide bonds. The predicted molar refractivity (Wildman–Crippen MR) is 74.3 cm³/mol. The molecule has 3 rings (SSSR count). The number of aromatic carboxylic acids is 1. The average Bonchev–Trinajstić information content (AvgIpc) is 2.99. The fourth-order valence-electron chi connectivity index (χ4n) is 2.54. The number of hydrazine groups is 1. The van der Waals surface area contributed by atoms with Crippen LogP contribution in [0.4, 0.5) is 0 Å². The lowest BCUT2D eigenvalue weighted by Gasteiger charge is -2.23. The second-order valence-corrected chi connectivity index (χ2v) is 4.96. The molecule has 1 aromatic rings. The number of rotatable bonds is 3. The normalized spacial score (nSPS) is 18.0. The van der Waals surface area contributed by atoms with Crippen LogP contribution >= 0.6 is 0 Å². The summed E-state index contributed by atoms with van der Waals surface area (Å²) in [6, 6.07) is 5.69. The van der Waals surface area contributed by atoms with E-state index >= 15 is 0 Å². The van der Waals surface area contributed by atoms with Gasteiger partial charge in [0.05, 0.1) is 11.1 Å². The van der Waals surface area contributed by atoms with Crippen LogP contribution in [-0.2, 0) is 19.2 Å². The zero-order chi connectivity index (χ0) is 16.7. The van der Waals surface area contributed by atoms with Crippen LogP contribution in [0.25, 0.3) is 5.57 Å². The Hall–Kier alpha value is -3.29. The summed E-state index contributed by atoms with van der Waals surface area (Å²) >= 11 is 0. The van der Waals surface area contributed by atoms with Crippen molar-refractivity contribution in [3.63, 3.8) is 0 Å². The molecule has 2 heterocycles. The van der Waals surface area contributed by atoms with E-state index in [2.05, 4.69) is 0 Å². The highest BCUT2D eigenvalue weighted by Crippen LogP contribution is 2.29. The van der Waals surface area contributed by atoms with E-state index in [-0.39, 0.29) is 29.5 Å². The van der Waals surface area contributed by atoms with Crippen LogP contribution in [0.3, 0.4) is 0 Å². The van der Waals surface area contributed by atoms with E-state index in [4.69, 9.17) is 0 Å². The number of carboxylic acid groups (broad SMARTS) is 1. The molecule has 23 heavy (non-hydrogen) atoms. The molecule has 0 aliphatic carbocycles. The summed E-state index contributed by atoms with van der Waals surface area (Å²) in [4.78, 5) is 59.2. The van der Waals surface area contributed by atoms with Crippen LogP contribution in [0.15, 0.2) is 30.3 Å². The molecule has 2 aliphatic rings. The molecule has 0 radical (unpaired) electrons. The predicted octanol–water partition coefficient (Wildman–Crippen LogP) is 0.201. The Balaban J connectivity index is 2.02. The Kier molecular flexibility index (Phi) is 3.29. The number of hydrogen-bond acceptors (Lipinski definition) is 5. The molecule has 2 aliphatic heterocycles. The summed E-state index contributed by atoms with van der Waals surface area (Å²) in [5, 5.41) is 10.2. The first-order valence-electron chi connectivity index (χ1n) is 6.70. The summed E-state index contributed by atoms with van der Waals surface area (Å²) in [6.45, 7) is 0. The van der Waals surface area contributed by atoms with E-state index in [0.717, 1.165) is 6.08 Å². The fraction of sp³-hybridized carbons (Fsp3) is 0.133. The van der Waals surface area contributed by atoms with Gasteiger partial charge in [-0.3, -0.25) is 19.2 Å². The molecule has 8 nitrogen and oxygen atoms in total. The molecule has 1 N–H and O–H groups in total. The van der Waals surface area contributed by atoms with Gasteiger partial charge in [0.2, 0.25) is 11.8 Å². The SMILES string of the molecule is O=C(O)c1ccccc1C1=CC(=O)N(N2C(=O)CCC2=O)C1=O. The molecule has 0 spiro atoms. The van der Waals surface area contributed by atoms with Gasteiger partial charge >= 0.3 is 5.97 Å². The lowest BCUT2D eigenvalue weighted by Crippen LogP contribution is -2.49. The Labute approximate surface area is 129 Å². The third kappa shape index (κ3) is 2.20. The lowest BCUT2D eigenvalue weighted by molar-refractivity contribution is -0.170. The Morgan fingerprint density at radius 3 is 2.17 bits per heavy atom. The van der Waals surface area contributed by atoms with Gasteiger partial charge in [-0.25, -0.2) is 4.79 Å². The average molecular weight is 314 g/mol. The summed E-state index contributed by atoms with van der Waals surface area (Å²) in [7, 11) is 0. The minimum absolute atomic E-state index is 0.0555. The molecule has 0 atom stereocenters. The second kappa shape index (κ2) is 5.16. The molecule has 1 fully saturated rings. The second-order valence-electron chi connectivity index (χ2n) is 4.96. The van der Waals surface area contributed by atoms with Gasteiger partial charge in [0.25, 0.3) is 11.8 Å². The molecule has 0 aromatic heterocycles. The topological polar surface area (TPSA) is 112 Å². The van der Waals surface area contributed by atoms with Crippen molar-refractivity contribution in [3.8, 4) is 0 Å². The van der Waals surface area contributed by atoms with Gasteiger partial charge in [0.1, 0.15) is 0 Å². The lowest BCUT2D eigenvalue weighted by atomic mass is 10.00. The van der Waals surface area contributed by atoms with Crippen molar-refractivity contribution in [2.75, 3.05) is 0 Å². The Morgan fingerprint density at radius 1 is 0.957 bits per heavy atom. The molecular formula is C15H10N2O6. The van der Waals surface area contributed by atoms with E-state index in [1.807, 2.05) is 0 Å². The minimum atomic E-state index is -1.26. The van der Waals surface area contributed by atoms with E-state index in [1.165, 1.54) is 24.3 Å². The molecular weight excluding hydrogens is 304 g/mol. The highest BCUT2D eigenvalue weighted by molar-refractivity contribution is 6.35. The summed E-state index contributed by atoms with van der Waals surface area (Å²) in [5.74, 6) is -4.29. The van der Waals surface area contributed by atoms with Crippen LogP contribution in [0.1, 0.15) is 28.8 Å². The van der Waals surface area contributed by atoms with Crippen molar-refractivity contribution >= 4 is 35.2 Å². The first-order valence-corrected chi connectivity index (χ1v) is 6.70. The quantitative estimate of drug-likeness (QED) is 0.798. The number of carbonyl (C=O) groups excluding carboxylic acids is 4. The maximum Gasteiger partial charge on any atom is 0.336 e. The van der Waals surface area contributed by atoms with Crippen LogP contribution < -0.4 is 0 Å². The number of amides is 4. The summed E-state index contributed by atoms with van der Waals surface area (Å²) in [6.07, 6.45) is 0.789. The zero-order valence-corrected chi connectivity index (χ0v) is 11.7. The number of hydrogen-bond donors (Lipinski definition) is 1. The maximum atomic E-state index is 12.5. The van der Waals surface area contributed by atoms with Gasteiger partial charge in [-0.2, -0.15) is 10.0 Å². The van der Waals surface area contributed by atoms with Gasteiger partial charge in [-0.05, 0) is 6.07 Å². The minimum Gasteiger partial charge on any atom is -0.478 e. The summed E-state index contributed by atoms with van der Waals surface area (Å²) in [5.41, 5.74) is -0.263. The van der Waals surface area contributed by atoms with E-state index < -0.39 is 29.6 Å².